The lowest BCUT2D eigenvalue weighted by atomic mass is 9.99. The van der Waals surface area contributed by atoms with E-state index in [4.69, 9.17) is 5.73 Å². The minimum Gasteiger partial charge on any atom is -0.325 e. The van der Waals surface area contributed by atoms with Crippen LogP contribution in [0, 0.1) is 19.8 Å². The molecule has 0 bridgehead atoms. The normalized spacial score (nSPS) is 13.2. The van der Waals surface area contributed by atoms with Crippen LogP contribution in [0.1, 0.15) is 31.4 Å². The lowest BCUT2D eigenvalue weighted by Crippen LogP contribution is -2.40. The highest BCUT2D eigenvalue weighted by atomic mass is 35.5. The average Bonchev–Trinajstić information content (AvgIpc) is 2.61. The zero-order chi connectivity index (χ0) is 20.2. The van der Waals surface area contributed by atoms with Gasteiger partial charge in [0.25, 0.3) is 10.0 Å². The van der Waals surface area contributed by atoms with E-state index in [2.05, 4.69) is 10.0 Å². The van der Waals surface area contributed by atoms with Crippen LogP contribution >= 0.6 is 12.4 Å². The molecule has 2 aromatic rings. The molecule has 28 heavy (non-hydrogen) atoms. The van der Waals surface area contributed by atoms with Crippen LogP contribution < -0.4 is 15.8 Å². The van der Waals surface area contributed by atoms with E-state index in [0.29, 0.717) is 16.9 Å². The number of halogens is 1. The Morgan fingerprint density at radius 3 is 2.39 bits per heavy atom. The van der Waals surface area contributed by atoms with Crippen molar-refractivity contribution in [1.82, 2.24) is 0 Å². The molecule has 0 aliphatic rings. The Balaban J connectivity index is 0.00000392. The van der Waals surface area contributed by atoms with Gasteiger partial charge in [0.1, 0.15) is 0 Å². The zero-order valence-electron chi connectivity index (χ0n) is 16.5. The number of hydrogen-bond donors (Lipinski definition) is 3. The third-order valence-corrected chi connectivity index (χ3v) is 6.10. The number of carbonyl (C=O) groups is 1. The van der Waals surface area contributed by atoms with Crippen molar-refractivity contribution in [2.75, 3.05) is 10.0 Å². The van der Waals surface area contributed by atoms with E-state index in [1.54, 1.807) is 37.3 Å². The van der Waals surface area contributed by atoms with Crippen LogP contribution in [0.15, 0.2) is 47.4 Å². The highest BCUT2D eigenvalue weighted by Crippen LogP contribution is 2.23. The molecule has 1 amide bonds. The maximum atomic E-state index is 12.8. The van der Waals surface area contributed by atoms with Crippen LogP contribution in [-0.2, 0) is 14.8 Å². The molecule has 0 aliphatic carbocycles. The number of aryl methyl sites for hydroxylation is 2. The largest absolute Gasteiger partial charge is 0.325 e. The number of hydrogen-bond acceptors (Lipinski definition) is 4. The summed E-state index contributed by atoms with van der Waals surface area (Å²) in [6.07, 6.45) is 0.780. The van der Waals surface area contributed by atoms with Gasteiger partial charge in [0.2, 0.25) is 5.91 Å². The lowest BCUT2D eigenvalue weighted by Gasteiger charge is -2.18. The summed E-state index contributed by atoms with van der Waals surface area (Å²) in [6, 6.07) is 11.3. The molecule has 0 saturated carbocycles. The first kappa shape index (κ1) is 23.9. The molecule has 2 atom stereocenters. The third-order valence-electron chi connectivity index (χ3n) is 4.58. The summed E-state index contributed by atoms with van der Waals surface area (Å²) in [5, 5.41) is 2.71. The number of benzene rings is 2. The molecule has 4 N–H and O–H groups in total. The molecule has 2 rings (SSSR count). The summed E-state index contributed by atoms with van der Waals surface area (Å²) in [5.74, 6) is -0.301. The van der Waals surface area contributed by atoms with Gasteiger partial charge in [0.05, 0.1) is 10.9 Å². The van der Waals surface area contributed by atoms with Gasteiger partial charge < -0.3 is 11.1 Å². The zero-order valence-corrected chi connectivity index (χ0v) is 18.2. The van der Waals surface area contributed by atoms with E-state index in [9.17, 15) is 13.2 Å². The molecule has 0 fully saturated rings. The number of sulfonamides is 1. The van der Waals surface area contributed by atoms with E-state index < -0.39 is 16.1 Å². The maximum absolute atomic E-state index is 12.8. The quantitative estimate of drug-likeness (QED) is 0.627. The Kier molecular flexibility index (Phi) is 8.48. The summed E-state index contributed by atoms with van der Waals surface area (Å²) >= 11 is 0. The van der Waals surface area contributed by atoms with Crippen molar-refractivity contribution in [1.29, 1.82) is 0 Å². The highest BCUT2D eigenvalue weighted by Gasteiger charge is 2.21. The van der Waals surface area contributed by atoms with E-state index in [0.717, 1.165) is 12.0 Å². The van der Waals surface area contributed by atoms with Crippen LogP contribution in [-0.4, -0.2) is 20.4 Å². The second kappa shape index (κ2) is 9.91. The van der Waals surface area contributed by atoms with Gasteiger partial charge in [-0.3, -0.25) is 9.52 Å². The van der Waals surface area contributed by atoms with Crippen molar-refractivity contribution in [3.05, 3.63) is 53.6 Å². The van der Waals surface area contributed by atoms with Crippen LogP contribution in [0.3, 0.4) is 0 Å². The van der Waals surface area contributed by atoms with Gasteiger partial charge in [0, 0.05) is 11.4 Å². The number of anilines is 2. The Hall–Kier alpha value is -2.09. The molecule has 0 heterocycles. The topological polar surface area (TPSA) is 101 Å². The van der Waals surface area contributed by atoms with Gasteiger partial charge in [-0.25, -0.2) is 8.42 Å². The van der Waals surface area contributed by atoms with Crippen molar-refractivity contribution in [2.24, 2.45) is 11.7 Å². The first-order valence-corrected chi connectivity index (χ1v) is 10.4. The summed E-state index contributed by atoms with van der Waals surface area (Å²) in [4.78, 5) is 12.4. The fourth-order valence-electron chi connectivity index (χ4n) is 2.62. The number of rotatable bonds is 7. The first-order chi connectivity index (χ1) is 12.6. The Morgan fingerprint density at radius 2 is 1.79 bits per heavy atom. The SMILES string of the molecule is CCC(C)C(N)C(=O)Nc1ccc(C)c(S(=O)(=O)Nc2cccc(C)c2)c1.Cl. The summed E-state index contributed by atoms with van der Waals surface area (Å²) in [6.45, 7) is 7.47. The molecule has 2 aromatic carbocycles. The Bertz CT molecular complexity index is 932. The fourth-order valence-corrected chi connectivity index (χ4v) is 3.95. The number of nitrogens with two attached hydrogens (primary N) is 1. The molecule has 154 valence electrons. The first-order valence-electron chi connectivity index (χ1n) is 8.90. The van der Waals surface area contributed by atoms with Crippen LogP contribution in [0.5, 0.6) is 0 Å². The van der Waals surface area contributed by atoms with Crippen molar-refractivity contribution in [3.8, 4) is 0 Å². The molecule has 0 aliphatic heterocycles. The second-order valence-electron chi connectivity index (χ2n) is 6.86. The lowest BCUT2D eigenvalue weighted by molar-refractivity contribution is -0.118. The Labute approximate surface area is 173 Å². The van der Waals surface area contributed by atoms with Crippen LogP contribution in [0.4, 0.5) is 11.4 Å². The van der Waals surface area contributed by atoms with Gasteiger partial charge in [0.15, 0.2) is 0 Å². The molecule has 0 radical (unpaired) electrons. The highest BCUT2D eigenvalue weighted by molar-refractivity contribution is 7.92. The molecule has 8 heteroatoms. The fraction of sp³-hybridized carbons (Fsp3) is 0.350. The number of amides is 1. The monoisotopic (exact) mass is 425 g/mol. The minimum atomic E-state index is -3.79. The maximum Gasteiger partial charge on any atom is 0.262 e. The Morgan fingerprint density at radius 1 is 1.11 bits per heavy atom. The smallest absolute Gasteiger partial charge is 0.262 e. The van der Waals surface area contributed by atoms with Gasteiger partial charge >= 0.3 is 0 Å². The number of carbonyl (C=O) groups excluding carboxylic acids is 1. The summed E-state index contributed by atoms with van der Waals surface area (Å²) < 4.78 is 28.2. The standard InChI is InChI=1S/C20H27N3O3S.ClH/c1-5-14(3)19(21)20(24)22-16-10-9-15(4)18(12-16)27(25,26)23-17-8-6-7-13(2)11-17;/h6-12,14,19,23H,5,21H2,1-4H3,(H,22,24);1H. The van der Waals surface area contributed by atoms with Gasteiger partial charge in [-0.1, -0.05) is 38.5 Å². The molecule has 0 aromatic heterocycles. The van der Waals surface area contributed by atoms with E-state index >= 15 is 0 Å². The molecule has 2 unspecified atom stereocenters. The molecule has 6 nitrogen and oxygen atoms in total. The third kappa shape index (κ3) is 5.95. The van der Waals surface area contributed by atoms with E-state index in [1.807, 2.05) is 26.8 Å². The summed E-state index contributed by atoms with van der Waals surface area (Å²) in [7, 11) is -3.79. The molecule has 0 saturated heterocycles. The minimum absolute atomic E-state index is 0. The van der Waals surface area contributed by atoms with Crippen LogP contribution in [0.25, 0.3) is 0 Å². The summed E-state index contributed by atoms with van der Waals surface area (Å²) in [5.41, 5.74) is 8.37. The molecular weight excluding hydrogens is 398 g/mol. The van der Waals surface area contributed by atoms with E-state index in [-0.39, 0.29) is 29.1 Å². The van der Waals surface area contributed by atoms with Crippen LogP contribution in [0.2, 0.25) is 0 Å². The average molecular weight is 426 g/mol. The van der Waals surface area contributed by atoms with Gasteiger partial charge in [-0.2, -0.15) is 0 Å². The second-order valence-corrected chi connectivity index (χ2v) is 8.51. The van der Waals surface area contributed by atoms with Crippen molar-refractivity contribution in [2.45, 2.75) is 45.1 Å². The molecule has 0 spiro atoms. The van der Waals surface area contributed by atoms with Crippen molar-refractivity contribution < 1.29 is 13.2 Å². The van der Waals surface area contributed by atoms with Gasteiger partial charge in [-0.15, -0.1) is 12.4 Å². The molecular formula is C20H28ClN3O3S. The number of nitrogens with one attached hydrogen (secondary N) is 2. The van der Waals surface area contributed by atoms with Crippen molar-refractivity contribution >= 4 is 39.7 Å². The van der Waals surface area contributed by atoms with E-state index in [1.165, 1.54) is 6.07 Å². The predicted molar refractivity (Wildman–Crippen MR) is 116 cm³/mol. The van der Waals surface area contributed by atoms with Crippen molar-refractivity contribution in [3.63, 3.8) is 0 Å². The predicted octanol–water partition coefficient (Wildman–Crippen LogP) is 3.84. The van der Waals surface area contributed by atoms with Gasteiger partial charge in [-0.05, 0) is 55.2 Å².